The average molecular weight is 516 g/mol. The highest BCUT2D eigenvalue weighted by molar-refractivity contribution is 7.91. The minimum Gasteiger partial charge on any atom is -0.497 e. The summed E-state index contributed by atoms with van der Waals surface area (Å²) in [7, 11) is 0.430. The molecule has 1 aliphatic heterocycles. The van der Waals surface area contributed by atoms with E-state index in [1.165, 1.54) is 11.3 Å². The van der Waals surface area contributed by atoms with Crippen LogP contribution in [0.2, 0.25) is 0 Å². The molecule has 1 aliphatic rings. The van der Waals surface area contributed by atoms with E-state index in [1.54, 1.807) is 24.8 Å². The molecule has 0 spiro atoms. The average Bonchev–Trinajstić information content (AvgIpc) is 3.22. The van der Waals surface area contributed by atoms with Crippen molar-refractivity contribution in [1.82, 2.24) is 9.88 Å². The number of sulfone groups is 1. The van der Waals surface area contributed by atoms with Crippen molar-refractivity contribution in [3.63, 3.8) is 0 Å². The van der Waals surface area contributed by atoms with Crippen molar-refractivity contribution in [2.24, 2.45) is 12.5 Å². The Hall–Kier alpha value is -2.65. The van der Waals surface area contributed by atoms with E-state index in [2.05, 4.69) is 38.2 Å². The van der Waals surface area contributed by atoms with Gasteiger partial charge in [-0.3, -0.25) is 10.2 Å². The second-order valence-electron chi connectivity index (χ2n) is 10.6. The monoisotopic (exact) mass is 515 g/mol. The third kappa shape index (κ3) is 5.78. The van der Waals surface area contributed by atoms with E-state index in [9.17, 15) is 13.2 Å². The molecule has 35 heavy (non-hydrogen) atoms. The van der Waals surface area contributed by atoms with Gasteiger partial charge in [0.1, 0.15) is 21.4 Å². The Kier molecular flexibility index (Phi) is 6.85. The number of thiophene rings is 1. The summed E-state index contributed by atoms with van der Waals surface area (Å²) >= 11 is 1.41. The van der Waals surface area contributed by atoms with Gasteiger partial charge in [-0.1, -0.05) is 26.8 Å². The summed E-state index contributed by atoms with van der Waals surface area (Å²) in [5, 5.41) is 12.4. The molecule has 9 heteroatoms. The summed E-state index contributed by atoms with van der Waals surface area (Å²) in [5.41, 5.74) is 3.05. The number of methoxy groups -OCH3 is 1. The highest BCUT2D eigenvalue weighted by atomic mass is 32.2. The molecular weight excluding hydrogens is 482 g/mol. The predicted octanol–water partition coefficient (Wildman–Crippen LogP) is 4.36. The smallest absolute Gasteiger partial charge is 0.259 e. The minimum absolute atomic E-state index is 0.0584. The Morgan fingerprint density at radius 2 is 1.89 bits per heavy atom. The van der Waals surface area contributed by atoms with Crippen molar-refractivity contribution in [2.75, 3.05) is 18.6 Å². The summed E-state index contributed by atoms with van der Waals surface area (Å²) in [5.74, 6) is 1.27. The van der Waals surface area contributed by atoms with Crippen molar-refractivity contribution >= 4 is 37.1 Å². The van der Waals surface area contributed by atoms with E-state index in [-0.39, 0.29) is 34.4 Å². The lowest BCUT2D eigenvalue weighted by molar-refractivity contribution is 0.402. The van der Waals surface area contributed by atoms with E-state index in [4.69, 9.17) is 10.1 Å². The van der Waals surface area contributed by atoms with E-state index in [0.29, 0.717) is 23.1 Å². The van der Waals surface area contributed by atoms with E-state index in [0.717, 1.165) is 33.6 Å². The lowest BCUT2D eigenvalue weighted by Gasteiger charge is -2.23. The standard InChI is InChI=1S/C26H33N3O4S2/c1-26(2,3)14-16-10-17(12-19(11-16)33-5)21-15-29(4)25(30)20-13-22(34-23(20)21)24(27)28-18-6-8-35(31,32)9-7-18/h10-13,15,18H,6-9,14H2,1-5H3,(H2,27,28). The zero-order valence-corrected chi connectivity index (χ0v) is 22.5. The molecule has 1 aromatic carbocycles. The number of aromatic nitrogens is 1. The fraction of sp³-hybridized carbons (Fsp3) is 0.462. The van der Waals surface area contributed by atoms with Crippen LogP contribution < -0.4 is 15.6 Å². The van der Waals surface area contributed by atoms with Crippen LogP contribution in [0.5, 0.6) is 5.75 Å². The second kappa shape index (κ2) is 9.43. The molecule has 0 bridgehead atoms. The SMILES string of the molecule is COc1cc(CC(C)(C)C)cc(-c2cn(C)c(=O)c3cc(C(=N)NC4CCS(=O)(=O)CC4)sc23)c1. The van der Waals surface area contributed by atoms with Gasteiger partial charge in [0.15, 0.2) is 0 Å². The minimum atomic E-state index is -2.97. The number of benzene rings is 1. The highest BCUT2D eigenvalue weighted by Crippen LogP contribution is 2.36. The third-order valence-electron chi connectivity index (χ3n) is 6.25. The topological polar surface area (TPSA) is 101 Å². The van der Waals surface area contributed by atoms with Crippen molar-refractivity contribution in [2.45, 2.75) is 46.1 Å². The van der Waals surface area contributed by atoms with Crippen LogP contribution in [0.3, 0.4) is 0 Å². The zero-order chi connectivity index (χ0) is 25.5. The summed E-state index contributed by atoms with van der Waals surface area (Å²) in [6.07, 6.45) is 3.71. The second-order valence-corrected chi connectivity index (χ2v) is 13.9. The van der Waals surface area contributed by atoms with E-state index >= 15 is 0 Å². The number of ether oxygens (including phenoxy) is 1. The maximum Gasteiger partial charge on any atom is 0.259 e. The van der Waals surface area contributed by atoms with Crippen LogP contribution in [0.25, 0.3) is 21.2 Å². The quantitative estimate of drug-likeness (QED) is 0.388. The molecule has 0 aliphatic carbocycles. The molecule has 2 aromatic heterocycles. The largest absolute Gasteiger partial charge is 0.497 e. The molecule has 4 rings (SSSR count). The lowest BCUT2D eigenvalue weighted by Crippen LogP contribution is -2.40. The van der Waals surface area contributed by atoms with Crippen LogP contribution in [0.1, 0.15) is 44.1 Å². The predicted molar refractivity (Wildman–Crippen MR) is 144 cm³/mol. The first-order valence-corrected chi connectivity index (χ1v) is 14.4. The normalized spacial score (nSPS) is 16.4. The number of pyridine rings is 1. The molecule has 0 saturated carbocycles. The number of hydrogen-bond donors (Lipinski definition) is 2. The van der Waals surface area contributed by atoms with Crippen molar-refractivity contribution < 1.29 is 13.2 Å². The molecule has 1 fully saturated rings. The van der Waals surface area contributed by atoms with Crippen LogP contribution in [0, 0.1) is 10.8 Å². The molecule has 188 valence electrons. The molecule has 0 amide bonds. The first-order valence-electron chi connectivity index (χ1n) is 11.7. The van der Waals surface area contributed by atoms with Crippen LogP contribution in [-0.4, -0.2) is 43.5 Å². The Morgan fingerprint density at radius 1 is 1.20 bits per heavy atom. The Labute approximate surface area is 210 Å². The number of hydrogen-bond acceptors (Lipinski definition) is 6. The molecule has 0 radical (unpaired) electrons. The van der Waals surface area contributed by atoms with E-state index < -0.39 is 9.84 Å². The summed E-state index contributed by atoms with van der Waals surface area (Å²) < 4.78 is 31.5. The Bertz CT molecular complexity index is 1430. The molecule has 0 atom stereocenters. The Morgan fingerprint density at radius 3 is 2.51 bits per heavy atom. The van der Waals surface area contributed by atoms with Crippen molar-refractivity contribution in [3.8, 4) is 16.9 Å². The molecular formula is C26H33N3O4S2. The van der Waals surface area contributed by atoms with Gasteiger partial charge in [0.25, 0.3) is 5.56 Å². The van der Waals surface area contributed by atoms with Crippen LogP contribution >= 0.6 is 11.3 Å². The first-order chi connectivity index (χ1) is 16.3. The fourth-order valence-electron chi connectivity index (χ4n) is 4.54. The number of nitrogens with zero attached hydrogens (tertiary/aromatic N) is 1. The van der Waals surface area contributed by atoms with Gasteiger partial charge in [0.2, 0.25) is 0 Å². The molecule has 0 unspecified atom stereocenters. The van der Waals surface area contributed by atoms with Crippen LogP contribution in [0.4, 0.5) is 0 Å². The number of rotatable bonds is 5. The first kappa shape index (κ1) is 25.4. The van der Waals surface area contributed by atoms with Gasteiger partial charge in [-0.25, -0.2) is 8.42 Å². The third-order valence-corrected chi connectivity index (χ3v) is 9.15. The number of fused-ring (bicyclic) bond motifs is 1. The maximum absolute atomic E-state index is 13.0. The zero-order valence-electron chi connectivity index (χ0n) is 20.9. The molecule has 3 aromatic rings. The van der Waals surface area contributed by atoms with Gasteiger partial charge in [0.05, 0.1) is 28.9 Å². The van der Waals surface area contributed by atoms with Gasteiger partial charge in [-0.15, -0.1) is 11.3 Å². The van der Waals surface area contributed by atoms with Gasteiger partial charge < -0.3 is 14.6 Å². The van der Waals surface area contributed by atoms with Crippen LogP contribution in [-0.2, 0) is 23.3 Å². The van der Waals surface area contributed by atoms with Crippen LogP contribution in [0.15, 0.2) is 35.3 Å². The lowest BCUT2D eigenvalue weighted by atomic mass is 9.87. The maximum atomic E-state index is 13.0. The molecule has 1 saturated heterocycles. The van der Waals surface area contributed by atoms with E-state index in [1.807, 2.05) is 12.3 Å². The van der Waals surface area contributed by atoms with Gasteiger partial charge >= 0.3 is 0 Å². The van der Waals surface area contributed by atoms with Gasteiger partial charge in [-0.2, -0.15) is 0 Å². The summed E-state index contributed by atoms with van der Waals surface area (Å²) in [6, 6.07) is 7.90. The summed E-state index contributed by atoms with van der Waals surface area (Å²) in [4.78, 5) is 13.6. The highest BCUT2D eigenvalue weighted by Gasteiger charge is 2.25. The van der Waals surface area contributed by atoms with Crippen molar-refractivity contribution in [3.05, 3.63) is 51.3 Å². The molecule has 7 nitrogen and oxygen atoms in total. The number of amidine groups is 1. The van der Waals surface area contributed by atoms with Gasteiger partial charge in [0, 0.05) is 29.5 Å². The molecule has 2 N–H and O–H groups in total. The number of nitrogens with one attached hydrogen (secondary N) is 2. The molecule has 3 heterocycles. The fourth-order valence-corrected chi connectivity index (χ4v) is 7.12. The summed E-state index contributed by atoms with van der Waals surface area (Å²) in [6.45, 7) is 6.59. The van der Waals surface area contributed by atoms with Gasteiger partial charge in [-0.05, 0) is 54.0 Å². The number of aryl methyl sites for hydroxylation is 1. The van der Waals surface area contributed by atoms with Crippen molar-refractivity contribution in [1.29, 1.82) is 5.41 Å². The Balaban J connectivity index is 1.74.